The highest BCUT2D eigenvalue weighted by Gasteiger charge is 2.09. The lowest BCUT2D eigenvalue weighted by molar-refractivity contribution is 0.550. The van der Waals surface area contributed by atoms with Gasteiger partial charge in [-0.15, -0.1) is 0 Å². The van der Waals surface area contributed by atoms with Crippen LogP contribution >= 0.6 is 0 Å². The van der Waals surface area contributed by atoms with Crippen molar-refractivity contribution >= 4 is 0 Å². The van der Waals surface area contributed by atoms with Crippen LogP contribution in [0.15, 0.2) is 82.4 Å². The minimum Gasteiger partial charge on any atom is -0.472 e. The van der Waals surface area contributed by atoms with Crippen LogP contribution in [-0.2, 0) is 0 Å². The maximum atomic E-state index is 11.9. The van der Waals surface area contributed by atoms with Gasteiger partial charge in [-0.05, 0) is 16.7 Å². The van der Waals surface area contributed by atoms with Gasteiger partial charge in [0.25, 0.3) is 0 Å². The highest BCUT2D eigenvalue weighted by molar-refractivity contribution is 5.82. The first-order valence-electron chi connectivity index (χ1n) is 6.07. The van der Waals surface area contributed by atoms with Gasteiger partial charge in [0.2, 0.25) is 0 Å². The molecule has 0 saturated heterocycles. The number of hydrogen-bond acceptors (Lipinski definition) is 2. The molecule has 1 aromatic heterocycles. The van der Waals surface area contributed by atoms with Crippen LogP contribution in [0.3, 0.4) is 0 Å². The molecule has 3 aromatic rings. The van der Waals surface area contributed by atoms with Gasteiger partial charge in [-0.25, -0.2) is 0 Å². The van der Waals surface area contributed by atoms with Crippen molar-refractivity contribution in [2.45, 2.75) is 0 Å². The molecule has 2 aromatic carbocycles. The molecule has 2 nitrogen and oxygen atoms in total. The van der Waals surface area contributed by atoms with Crippen molar-refractivity contribution in [3.05, 3.63) is 83.4 Å². The molecule has 92 valence electrons. The van der Waals surface area contributed by atoms with E-state index in [2.05, 4.69) is 0 Å². The summed E-state index contributed by atoms with van der Waals surface area (Å²) in [6, 6.07) is 19.3. The van der Waals surface area contributed by atoms with Gasteiger partial charge in [-0.3, -0.25) is 4.79 Å². The Morgan fingerprint density at radius 1 is 0.684 bits per heavy atom. The van der Waals surface area contributed by atoms with Crippen LogP contribution in [0.5, 0.6) is 0 Å². The smallest absolute Gasteiger partial charge is 0.192 e. The van der Waals surface area contributed by atoms with Gasteiger partial charge in [0, 0.05) is 6.07 Å². The molecule has 0 amide bonds. The molecule has 0 radical (unpaired) electrons. The molecule has 0 atom stereocenters. The van der Waals surface area contributed by atoms with E-state index in [4.69, 9.17) is 4.42 Å². The molecule has 0 N–H and O–H groups in total. The van der Waals surface area contributed by atoms with E-state index >= 15 is 0 Å². The van der Waals surface area contributed by atoms with Gasteiger partial charge >= 0.3 is 0 Å². The molecule has 0 fully saturated rings. The lowest BCUT2D eigenvalue weighted by atomic mass is 9.96. The Morgan fingerprint density at radius 2 is 1.37 bits per heavy atom. The molecule has 0 saturated carbocycles. The van der Waals surface area contributed by atoms with Gasteiger partial charge in [-0.1, -0.05) is 54.6 Å². The molecular formula is C17H12O2. The summed E-state index contributed by atoms with van der Waals surface area (Å²) in [6.45, 7) is 0. The minimum absolute atomic E-state index is 0.0327. The van der Waals surface area contributed by atoms with Crippen LogP contribution in [-0.4, -0.2) is 0 Å². The lowest BCUT2D eigenvalue weighted by Crippen LogP contribution is -2.02. The van der Waals surface area contributed by atoms with E-state index in [1.165, 1.54) is 18.6 Å². The van der Waals surface area contributed by atoms with Crippen LogP contribution in [0.2, 0.25) is 0 Å². The Kier molecular flexibility index (Phi) is 2.99. The van der Waals surface area contributed by atoms with Crippen molar-refractivity contribution in [1.29, 1.82) is 0 Å². The highest BCUT2D eigenvalue weighted by atomic mass is 16.3. The zero-order valence-corrected chi connectivity index (χ0v) is 10.2. The SMILES string of the molecule is O=c1ccocc1-c1ccccc1-c1ccccc1. The first-order chi connectivity index (χ1) is 9.36. The van der Waals surface area contributed by atoms with Crippen molar-refractivity contribution in [3.63, 3.8) is 0 Å². The van der Waals surface area contributed by atoms with Crippen molar-refractivity contribution < 1.29 is 4.42 Å². The topological polar surface area (TPSA) is 30.2 Å². The monoisotopic (exact) mass is 248 g/mol. The molecule has 19 heavy (non-hydrogen) atoms. The van der Waals surface area contributed by atoms with E-state index in [-0.39, 0.29) is 5.43 Å². The highest BCUT2D eigenvalue weighted by Crippen LogP contribution is 2.29. The van der Waals surface area contributed by atoms with Gasteiger partial charge in [-0.2, -0.15) is 0 Å². The maximum Gasteiger partial charge on any atom is 0.192 e. The Labute approximate surface area is 111 Å². The van der Waals surface area contributed by atoms with E-state index in [1.807, 2.05) is 54.6 Å². The molecule has 0 unspecified atom stereocenters. The van der Waals surface area contributed by atoms with E-state index in [0.717, 1.165) is 16.7 Å². The lowest BCUT2D eigenvalue weighted by Gasteiger charge is -2.08. The summed E-state index contributed by atoms with van der Waals surface area (Å²) in [5.74, 6) is 0. The summed E-state index contributed by atoms with van der Waals surface area (Å²) in [7, 11) is 0. The quantitative estimate of drug-likeness (QED) is 0.686. The summed E-state index contributed by atoms with van der Waals surface area (Å²) in [5.41, 5.74) is 3.56. The van der Waals surface area contributed by atoms with Gasteiger partial charge in [0.15, 0.2) is 5.43 Å². The third-order valence-electron chi connectivity index (χ3n) is 3.05. The maximum absolute atomic E-state index is 11.9. The molecule has 0 spiro atoms. The summed E-state index contributed by atoms with van der Waals surface area (Å²) in [5, 5.41) is 0. The van der Waals surface area contributed by atoms with Crippen LogP contribution in [0, 0.1) is 0 Å². The zero-order chi connectivity index (χ0) is 13.1. The molecule has 1 heterocycles. The molecule has 2 heteroatoms. The molecule has 0 aliphatic rings. The standard InChI is InChI=1S/C17H12O2/c18-17-10-11-19-12-16(17)15-9-5-4-8-14(15)13-6-2-1-3-7-13/h1-12H. The second-order valence-corrected chi connectivity index (χ2v) is 4.25. The van der Waals surface area contributed by atoms with E-state index in [1.54, 1.807) is 0 Å². The molecular weight excluding hydrogens is 236 g/mol. The average molecular weight is 248 g/mol. The van der Waals surface area contributed by atoms with Crippen molar-refractivity contribution in [2.75, 3.05) is 0 Å². The predicted octanol–water partition coefficient (Wildman–Crippen LogP) is 3.97. The van der Waals surface area contributed by atoms with Crippen LogP contribution < -0.4 is 5.43 Å². The number of rotatable bonds is 2. The fourth-order valence-corrected chi connectivity index (χ4v) is 2.14. The summed E-state index contributed by atoms with van der Waals surface area (Å²) in [6.07, 6.45) is 2.90. The molecule has 0 bridgehead atoms. The summed E-state index contributed by atoms with van der Waals surface area (Å²) < 4.78 is 5.13. The van der Waals surface area contributed by atoms with Gasteiger partial charge < -0.3 is 4.42 Å². The Balaban J connectivity index is 2.24. The van der Waals surface area contributed by atoms with Crippen LogP contribution in [0.25, 0.3) is 22.3 Å². The number of hydrogen-bond donors (Lipinski definition) is 0. The third-order valence-corrected chi connectivity index (χ3v) is 3.05. The first-order valence-corrected chi connectivity index (χ1v) is 6.07. The van der Waals surface area contributed by atoms with E-state index in [0.29, 0.717) is 5.56 Å². The van der Waals surface area contributed by atoms with E-state index in [9.17, 15) is 4.79 Å². The van der Waals surface area contributed by atoms with Gasteiger partial charge in [0.05, 0.1) is 11.8 Å². The summed E-state index contributed by atoms with van der Waals surface area (Å²) >= 11 is 0. The first kappa shape index (κ1) is 11.5. The summed E-state index contributed by atoms with van der Waals surface area (Å²) in [4.78, 5) is 11.9. The molecule has 0 aliphatic heterocycles. The van der Waals surface area contributed by atoms with Crippen LogP contribution in [0.1, 0.15) is 0 Å². The van der Waals surface area contributed by atoms with Crippen molar-refractivity contribution in [2.24, 2.45) is 0 Å². The predicted molar refractivity (Wildman–Crippen MR) is 75.9 cm³/mol. The minimum atomic E-state index is -0.0327. The van der Waals surface area contributed by atoms with Crippen molar-refractivity contribution in [1.82, 2.24) is 0 Å². The number of benzene rings is 2. The van der Waals surface area contributed by atoms with E-state index < -0.39 is 0 Å². The van der Waals surface area contributed by atoms with Gasteiger partial charge in [0.1, 0.15) is 6.26 Å². The Bertz CT molecular complexity index is 742. The Hall–Kier alpha value is -2.61. The molecule has 3 rings (SSSR count). The largest absolute Gasteiger partial charge is 0.472 e. The normalized spacial score (nSPS) is 10.3. The van der Waals surface area contributed by atoms with Crippen LogP contribution in [0.4, 0.5) is 0 Å². The third kappa shape index (κ3) is 2.20. The fourth-order valence-electron chi connectivity index (χ4n) is 2.14. The average Bonchev–Trinajstić information content (AvgIpc) is 2.49. The fraction of sp³-hybridized carbons (Fsp3) is 0. The Morgan fingerprint density at radius 3 is 2.11 bits per heavy atom. The second-order valence-electron chi connectivity index (χ2n) is 4.25. The second kappa shape index (κ2) is 4.94. The zero-order valence-electron chi connectivity index (χ0n) is 10.2. The molecule has 0 aliphatic carbocycles. The van der Waals surface area contributed by atoms with Crippen molar-refractivity contribution in [3.8, 4) is 22.3 Å².